The zero-order valence-corrected chi connectivity index (χ0v) is 10.4. The fraction of sp³-hybridized carbons (Fsp3) is 0.462. The molecule has 0 aromatic heterocycles. The third-order valence-electron chi connectivity index (χ3n) is 2.45. The second-order valence-electron chi connectivity index (χ2n) is 3.94. The molecule has 1 aromatic carbocycles. The number of unbranched alkanes of at least 4 members (excludes halogenated alkanes) is 1. The summed E-state index contributed by atoms with van der Waals surface area (Å²) in [6.07, 6.45) is 1.56. The lowest BCUT2D eigenvalue weighted by Gasteiger charge is -2.14. The van der Waals surface area contributed by atoms with Gasteiger partial charge in [-0.25, -0.2) is 0 Å². The van der Waals surface area contributed by atoms with Gasteiger partial charge in [-0.15, -0.1) is 0 Å². The van der Waals surface area contributed by atoms with Gasteiger partial charge in [-0.2, -0.15) is 0 Å². The first-order valence-electron chi connectivity index (χ1n) is 5.92. The fourth-order valence-electron chi connectivity index (χ4n) is 1.33. The van der Waals surface area contributed by atoms with Crippen LogP contribution in [-0.4, -0.2) is 18.6 Å². The van der Waals surface area contributed by atoms with E-state index < -0.39 is 6.10 Å². The molecule has 0 aliphatic carbocycles. The van der Waals surface area contributed by atoms with Gasteiger partial charge in [-0.3, -0.25) is 4.79 Å². The van der Waals surface area contributed by atoms with E-state index in [1.54, 1.807) is 19.1 Å². The average Bonchev–Trinajstić information content (AvgIpc) is 2.32. The molecule has 4 heteroatoms. The molecule has 1 aromatic rings. The Morgan fingerprint density at radius 1 is 1.47 bits per heavy atom. The SMILES string of the molecule is CCCCOC(C)C(=O)Nc1ccccc1N. The molecule has 0 bridgehead atoms. The molecule has 94 valence electrons. The minimum Gasteiger partial charge on any atom is -0.397 e. The van der Waals surface area contributed by atoms with Gasteiger partial charge in [0.15, 0.2) is 0 Å². The van der Waals surface area contributed by atoms with Crippen LogP contribution >= 0.6 is 0 Å². The topological polar surface area (TPSA) is 64.3 Å². The smallest absolute Gasteiger partial charge is 0.253 e. The van der Waals surface area contributed by atoms with Gasteiger partial charge in [0, 0.05) is 6.61 Å². The largest absolute Gasteiger partial charge is 0.397 e. The zero-order valence-electron chi connectivity index (χ0n) is 10.4. The third kappa shape index (κ3) is 4.44. The van der Waals surface area contributed by atoms with E-state index in [0.29, 0.717) is 18.0 Å². The maximum Gasteiger partial charge on any atom is 0.253 e. The van der Waals surface area contributed by atoms with Crippen molar-refractivity contribution in [2.45, 2.75) is 32.8 Å². The Morgan fingerprint density at radius 2 is 2.18 bits per heavy atom. The number of amides is 1. The predicted octanol–water partition coefficient (Wildman–Crippen LogP) is 2.41. The molecule has 4 nitrogen and oxygen atoms in total. The van der Waals surface area contributed by atoms with Crippen LogP contribution in [0.25, 0.3) is 0 Å². The van der Waals surface area contributed by atoms with Crippen molar-refractivity contribution >= 4 is 17.3 Å². The van der Waals surface area contributed by atoms with Crippen molar-refractivity contribution in [2.75, 3.05) is 17.7 Å². The molecule has 1 rings (SSSR count). The first-order chi connectivity index (χ1) is 8.15. The molecule has 1 atom stereocenters. The Morgan fingerprint density at radius 3 is 2.82 bits per heavy atom. The summed E-state index contributed by atoms with van der Waals surface area (Å²) in [5.41, 5.74) is 6.92. The normalized spacial score (nSPS) is 12.1. The van der Waals surface area contributed by atoms with Gasteiger partial charge in [-0.1, -0.05) is 25.5 Å². The molecule has 0 heterocycles. The summed E-state index contributed by atoms with van der Waals surface area (Å²) in [5.74, 6) is -0.168. The van der Waals surface area contributed by atoms with E-state index in [2.05, 4.69) is 12.2 Å². The monoisotopic (exact) mass is 236 g/mol. The molecule has 17 heavy (non-hydrogen) atoms. The first kappa shape index (κ1) is 13.5. The Kier molecular flexibility index (Phi) is 5.49. The second-order valence-corrected chi connectivity index (χ2v) is 3.94. The van der Waals surface area contributed by atoms with E-state index >= 15 is 0 Å². The van der Waals surface area contributed by atoms with Crippen molar-refractivity contribution in [3.05, 3.63) is 24.3 Å². The van der Waals surface area contributed by atoms with Gasteiger partial charge >= 0.3 is 0 Å². The molecule has 0 radical (unpaired) electrons. The van der Waals surface area contributed by atoms with Crippen LogP contribution in [0, 0.1) is 0 Å². The van der Waals surface area contributed by atoms with Crippen molar-refractivity contribution in [2.24, 2.45) is 0 Å². The molecule has 0 saturated carbocycles. The summed E-state index contributed by atoms with van der Waals surface area (Å²) in [6, 6.07) is 7.17. The molecule has 0 saturated heterocycles. The number of nitrogen functional groups attached to an aromatic ring is 1. The lowest BCUT2D eigenvalue weighted by Crippen LogP contribution is -2.28. The van der Waals surface area contributed by atoms with Gasteiger partial charge in [0.25, 0.3) is 5.91 Å². The molecule has 0 aliphatic rings. The highest BCUT2D eigenvalue weighted by molar-refractivity contribution is 5.96. The number of hydrogen-bond donors (Lipinski definition) is 2. The van der Waals surface area contributed by atoms with E-state index in [0.717, 1.165) is 12.8 Å². The van der Waals surface area contributed by atoms with E-state index in [1.165, 1.54) is 0 Å². The summed E-state index contributed by atoms with van der Waals surface area (Å²) in [7, 11) is 0. The lowest BCUT2D eigenvalue weighted by molar-refractivity contribution is -0.126. The van der Waals surface area contributed by atoms with Crippen LogP contribution in [0.15, 0.2) is 24.3 Å². The molecule has 3 N–H and O–H groups in total. The summed E-state index contributed by atoms with van der Waals surface area (Å²) >= 11 is 0. The number of benzene rings is 1. The van der Waals surface area contributed by atoms with Crippen LogP contribution < -0.4 is 11.1 Å². The summed E-state index contributed by atoms with van der Waals surface area (Å²) in [5, 5.41) is 2.75. The number of rotatable bonds is 6. The van der Waals surface area contributed by atoms with E-state index in [9.17, 15) is 4.79 Å². The summed E-state index contributed by atoms with van der Waals surface area (Å²) in [4.78, 5) is 11.8. The van der Waals surface area contributed by atoms with Crippen molar-refractivity contribution < 1.29 is 9.53 Å². The highest BCUT2D eigenvalue weighted by atomic mass is 16.5. The maximum absolute atomic E-state index is 11.8. The minimum absolute atomic E-state index is 0.168. The number of carbonyl (C=O) groups excluding carboxylic acids is 1. The second kappa shape index (κ2) is 6.91. The quantitative estimate of drug-likeness (QED) is 0.589. The van der Waals surface area contributed by atoms with Crippen molar-refractivity contribution in [1.82, 2.24) is 0 Å². The zero-order chi connectivity index (χ0) is 12.7. The summed E-state index contributed by atoms with van der Waals surface area (Å²) < 4.78 is 5.40. The van der Waals surface area contributed by atoms with E-state index in [4.69, 9.17) is 10.5 Å². The number of ether oxygens (including phenoxy) is 1. The lowest BCUT2D eigenvalue weighted by atomic mass is 10.2. The number of nitrogens with two attached hydrogens (primary N) is 1. The standard InChI is InChI=1S/C13H20N2O2/c1-3-4-9-17-10(2)13(16)15-12-8-6-5-7-11(12)14/h5-8,10H,3-4,9,14H2,1-2H3,(H,15,16). The van der Waals surface area contributed by atoms with Crippen LogP contribution in [0.3, 0.4) is 0 Å². The van der Waals surface area contributed by atoms with E-state index in [-0.39, 0.29) is 5.91 Å². The Labute approximate surface area is 102 Å². The number of para-hydroxylation sites is 2. The number of nitrogens with one attached hydrogen (secondary N) is 1. The van der Waals surface area contributed by atoms with Gasteiger partial charge in [-0.05, 0) is 25.5 Å². The molecule has 1 amide bonds. The van der Waals surface area contributed by atoms with Gasteiger partial charge < -0.3 is 15.8 Å². The number of hydrogen-bond acceptors (Lipinski definition) is 3. The number of carbonyl (C=O) groups is 1. The van der Waals surface area contributed by atoms with E-state index in [1.807, 2.05) is 12.1 Å². The molecule has 0 fully saturated rings. The Bertz CT molecular complexity index is 366. The Balaban J connectivity index is 2.46. The fourth-order valence-corrected chi connectivity index (χ4v) is 1.33. The highest BCUT2D eigenvalue weighted by Gasteiger charge is 2.13. The van der Waals surface area contributed by atoms with Crippen molar-refractivity contribution in [3.63, 3.8) is 0 Å². The predicted molar refractivity (Wildman–Crippen MR) is 69.8 cm³/mol. The maximum atomic E-state index is 11.8. The van der Waals surface area contributed by atoms with Crippen LogP contribution in [0.5, 0.6) is 0 Å². The summed E-state index contributed by atoms with van der Waals surface area (Å²) in [6.45, 7) is 4.43. The van der Waals surface area contributed by atoms with Crippen LogP contribution in [0.1, 0.15) is 26.7 Å². The van der Waals surface area contributed by atoms with Crippen molar-refractivity contribution in [1.29, 1.82) is 0 Å². The first-order valence-corrected chi connectivity index (χ1v) is 5.92. The molecule has 0 spiro atoms. The minimum atomic E-state index is -0.457. The third-order valence-corrected chi connectivity index (χ3v) is 2.45. The molecular formula is C13H20N2O2. The van der Waals surface area contributed by atoms with Gasteiger partial charge in [0.1, 0.15) is 6.10 Å². The highest BCUT2D eigenvalue weighted by Crippen LogP contribution is 2.17. The Hall–Kier alpha value is -1.55. The molecule has 0 aliphatic heterocycles. The van der Waals surface area contributed by atoms with Crippen LogP contribution in [0.2, 0.25) is 0 Å². The van der Waals surface area contributed by atoms with Gasteiger partial charge in [0.2, 0.25) is 0 Å². The van der Waals surface area contributed by atoms with Crippen molar-refractivity contribution in [3.8, 4) is 0 Å². The van der Waals surface area contributed by atoms with Crippen LogP contribution in [-0.2, 0) is 9.53 Å². The van der Waals surface area contributed by atoms with Crippen LogP contribution in [0.4, 0.5) is 11.4 Å². The van der Waals surface area contributed by atoms with Gasteiger partial charge in [0.05, 0.1) is 11.4 Å². The molecular weight excluding hydrogens is 216 g/mol. The average molecular weight is 236 g/mol. The number of anilines is 2. The molecule has 1 unspecified atom stereocenters.